The summed E-state index contributed by atoms with van der Waals surface area (Å²) in [6.45, 7) is 6.04. The summed E-state index contributed by atoms with van der Waals surface area (Å²) in [6.07, 6.45) is 0.868. The summed E-state index contributed by atoms with van der Waals surface area (Å²) in [6, 6.07) is 6.61. The third-order valence-corrected chi connectivity index (χ3v) is 4.27. The molecule has 140 valence electrons. The minimum Gasteiger partial charge on any atom is -0.493 e. The highest BCUT2D eigenvalue weighted by Gasteiger charge is 2.18. The maximum atomic E-state index is 12.3. The van der Waals surface area contributed by atoms with Crippen LogP contribution in [0.1, 0.15) is 45.4 Å². The average Bonchev–Trinajstić information content (AvgIpc) is 2.91. The normalized spacial score (nSPS) is 10.5. The molecule has 0 aliphatic rings. The summed E-state index contributed by atoms with van der Waals surface area (Å²) in [7, 11) is 3.40. The van der Waals surface area contributed by atoms with Gasteiger partial charge in [0.2, 0.25) is 5.78 Å². The third kappa shape index (κ3) is 4.25. The molecule has 0 amide bonds. The molecule has 0 aliphatic carbocycles. The zero-order valence-electron chi connectivity index (χ0n) is 15.9. The quantitative estimate of drug-likeness (QED) is 0.533. The van der Waals surface area contributed by atoms with Gasteiger partial charge in [0.25, 0.3) is 0 Å². The number of benzene rings is 1. The first-order valence-corrected chi connectivity index (χ1v) is 8.53. The average molecular weight is 359 g/mol. The Labute approximate surface area is 153 Å². The van der Waals surface area contributed by atoms with Crippen molar-refractivity contribution in [3.63, 3.8) is 0 Å². The Kier molecular flexibility index (Phi) is 6.44. The molecule has 6 nitrogen and oxygen atoms in total. The predicted molar refractivity (Wildman–Crippen MR) is 98.3 cm³/mol. The van der Waals surface area contributed by atoms with Gasteiger partial charge in [-0.15, -0.1) is 0 Å². The topological polar surface area (TPSA) is 66.8 Å². The van der Waals surface area contributed by atoms with Crippen LogP contribution in [0.5, 0.6) is 11.5 Å². The van der Waals surface area contributed by atoms with Crippen molar-refractivity contribution >= 4 is 11.8 Å². The maximum Gasteiger partial charge on any atom is 0.338 e. The van der Waals surface area contributed by atoms with E-state index in [-0.39, 0.29) is 12.4 Å². The summed E-state index contributed by atoms with van der Waals surface area (Å²) in [5.74, 6) is 0.213. The Hall–Kier alpha value is -2.76. The van der Waals surface area contributed by atoms with Crippen LogP contribution in [0.2, 0.25) is 0 Å². The highest BCUT2D eigenvalue weighted by molar-refractivity contribution is 6.00. The van der Waals surface area contributed by atoms with Crippen LogP contribution in [-0.4, -0.2) is 36.6 Å². The fraction of sp³-hybridized carbons (Fsp3) is 0.400. The summed E-state index contributed by atoms with van der Waals surface area (Å²) in [4.78, 5) is 24.6. The second-order valence-corrected chi connectivity index (χ2v) is 6.06. The number of hydrogen-bond acceptors (Lipinski definition) is 5. The predicted octanol–water partition coefficient (Wildman–Crippen LogP) is 3.48. The summed E-state index contributed by atoms with van der Waals surface area (Å²) in [5.41, 5.74) is 2.70. The first-order chi connectivity index (χ1) is 12.4. The number of carbonyl (C=O) groups is 2. The first kappa shape index (κ1) is 19.6. The van der Waals surface area contributed by atoms with Gasteiger partial charge in [-0.3, -0.25) is 4.79 Å². The highest BCUT2D eigenvalue weighted by atomic mass is 16.5. The molecule has 0 unspecified atom stereocenters. The van der Waals surface area contributed by atoms with Gasteiger partial charge in [0.1, 0.15) is 0 Å². The molecular formula is C20H25NO5. The Bertz CT molecular complexity index is 807. The fourth-order valence-electron chi connectivity index (χ4n) is 2.56. The van der Waals surface area contributed by atoms with Gasteiger partial charge in [-0.1, -0.05) is 6.92 Å². The van der Waals surface area contributed by atoms with Gasteiger partial charge in [-0.25, -0.2) is 4.79 Å². The van der Waals surface area contributed by atoms with Crippen molar-refractivity contribution in [3.05, 3.63) is 46.8 Å². The van der Waals surface area contributed by atoms with E-state index in [4.69, 9.17) is 14.2 Å². The largest absolute Gasteiger partial charge is 0.493 e. The van der Waals surface area contributed by atoms with E-state index < -0.39 is 5.97 Å². The molecule has 0 radical (unpaired) electrons. The maximum absolute atomic E-state index is 12.3. The van der Waals surface area contributed by atoms with Crippen LogP contribution in [0.15, 0.2) is 24.3 Å². The van der Waals surface area contributed by atoms with E-state index in [0.717, 1.165) is 17.8 Å². The van der Waals surface area contributed by atoms with Gasteiger partial charge in [-0.05, 0) is 44.5 Å². The van der Waals surface area contributed by atoms with Crippen molar-refractivity contribution in [2.75, 3.05) is 20.3 Å². The number of Topliss-reactive ketones (excluding diaryl/α,β-unsaturated/α-hetero) is 1. The highest BCUT2D eigenvalue weighted by Crippen LogP contribution is 2.28. The molecule has 0 atom stereocenters. The van der Waals surface area contributed by atoms with Crippen LogP contribution < -0.4 is 9.47 Å². The van der Waals surface area contributed by atoms with E-state index >= 15 is 0 Å². The number of esters is 1. The molecule has 0 saturated carbocycles. The molecule has 0 spiro atoms. The third-order valence-electron chi connectivity index (χ3n) is 4.27. The molecule has 0 aliphatic heterocycles. The van der Waals surface area contributed by atoms with Crippen molar-refractivity contribution in [2.24, 2.45) is 7.05 Å². The van der Waals surface area contributed by atoms with Crippen molar-refractivity contribution in [3.8, 4) is 11.5 Å². The molecule has 2 rings (SSSR count). The van der Waals surface area contributed by atoms with Gasteiger partial charge in [0.05, 0.1) is 19.3 Å². The van der Waals surface area contributed by atoms with E-state index in [1.807, 2.05) is 32.4 Å². The van der Waals surface area contributed by atoms with Gasteiger partial charge in [0.15, 0.2) is 18.1 Å². The monoisotopic (exact) mass is 359 g/mol. The van der Waals surface area contributed by atoms with Gasteiger partial charge in [0, 0.05) is 24.0 Å². The zero-order chi connectivity index (χ0) is 19.3. The molecule has 0 fully saturated rings. The van der Waals surface area contributed by atoms with Crippen LogP contribution in [0.25, 0.3) is 0 Å². The van der Waals surface area contributed by atoms with Crippen LogP contribution in [0.3, 0.4) is 0 Å². The van der Waals surface area contributed by atoms with Crippen LogP contribution in [0.4, 0.5) is 0 Å². The Balaban J connectivity index is 2.05. The van der Waals surface area contributed by atoms with E-state index in [9.17, 15) is 9.59 Å². The fourth-order valence-corrected chi connectivity index (χ4v) is 2.56. The van der Waals surface area contributed by atoms with Gasteiger partial charge >= 0.3 is 5.97 Å². The molecule has 1 aromatic heterocycles. The van der Waals surface area contributed by atoms with Crippen molar-refractivity contribution in [2.45, 2.75) is 27.2 Å². The van der Waals surface area contributed by atoms with E-state index in [1.54, 1.807) is 24.3 Å². The van der Waals surface area contributed by atoms with E-state index in [1.165, 1.54) is 7.11 Å². The van der Waals surface area contributed by atoms with Gasteiger partial charge in [-0.2, -0.15) is 0 Å². The Morgan fingerprint density at radius 1 is 1.12 bits per heavy atom. The van der Waals surface area contributed by atoms with Crippen molar-refractivity contribution in [1.29, 1.82) is 0 Å². The molecule has 1 aromatic carbocycles. The second-order valence-electron chi connectivity index (χ2n) is 6.06. The van der Waals surface area contributed by atoms with Crippen LogP contribution in [0, 0.1) is 13.8 Å². The molecule has 6 heteroatoms. The molecule has 1 heterocycles. The number of ketones is 1. The Morgan fingerprint density at radius 2 is 1.85 bits per heavy atom. The minimum atomic E-state index is -0.580. The molecule has 0 bridgehead atoms. The number of carbonyl (C=O) groups excluding carboxylic acids is 2. The molecule has 0 saturated heterocycles. The number of hydrogen-bond donors (Lipinski definition) is 0. The summed E-state index contributed by atoms with van der Waals surface area (Å²) >= 11 is 0. The number of rotatable bonds is 8. The van der Waals surface area contributed by atoms with Crippen LogP contribution in [-0.2, 0) is 11.8 Å². The zero-order valence-corrected chi connectivity index (χ0v) is 15.9. The lowest BCUT2D eigenvalue weighted by molar-refractivity contribution is 0.0474. The lowest BCUT2D eigenvalue weighted by Crippen LogP contribution is -2.15. The number of methoxy groups -OCH3 is 1. The Morgan fingerprint density at radius 3 is 2.42 bits per heavy atom. The first-order valence-electron chi connectivity index (χ1n) is 8.53. The number of nitrogens with zero attached hydrogens (tertiary/aromatic N) is 1. The SMILES string of the molecule is CCCOc1ccc(C(=O)OCC(=O)c2cc(C)n(C)c2C)cc1OC. The number of aryl methyl sites for hydroxylation is 1. The smallest absolute Gasteiger partial charge is 0.338 e. The van der Waals surface area contributed by atoms with Crippen molar-refractivity contribution < 1.29 is 23.8 Å². The minimum absolute atomic E-state index is 0.227. The van der Waals surface area contributed by atoms with Crippen molar-refractivity contribution in [1.82, 2.24) is 4.57 Å². The van der Waals surface area contributed by atoms with E-state index in [2.05, 4.69) is 0 Å². The molecule has 2 aromatic rings. The standard InChI is InChI=1S/C20H25NO5/c1-6-9-25-18-8-7-15(11-19(18)24-5)20(23)26-12-17(22)16-10-13(2)21(4)14(16)3/h7-8,10-11H,6,9,12H2,1-5H3. The van der Waals surface area contributed by atoms with Crippen LogP contribution >= 0.6 is 0 Å². The molecular weight excluding hydrogens is 334 g/mol. The number of ether oxygens (including phenoxy) is 3. The number of aromatic nitrogens is 1. The molecule has 26 heavy (non-hydrogen) atoms. The van der Waals surface area contributed by atoms with E-state index in [0.29, 0.717) is 29.2 Å². The summed E-state index contributed by atoms with van der Waals surface area (Å²) in [5, 5.41) is 0. The lowest BCUT2D eigenvalue weighted by atomic mass is 10.1. The lowest BCUT2D eigenvalue weighted by Gasteiger charge is -2.11. The summed E-state index contributed by atoms with van der Waals surface area (Å²) < 4.78 is 17.9. The molecule has 0 N–H and O–H groups in total. The van der Waals surface area contributed by atoms with Gasteiger partial charge < -0.3 is 18.8 Å². The second kappa shape index (κ2) is 8.56.